The molecular weight excluding hydrogens is 212 g/mol. The van der Waals surface area contributed by atoms with E-state index >= 15 is 0 Å². The lowest BCUT2D eigenvalue weighted by atomic mass is 9.94. The third-order valence-electron chi connectivity index (χ3n) is 4.76. The fraction of sp³-hybridized carbons (Fsp3) is 0.929. The molecule has 4 unspecified atom stereocenters. The first-order chi connectivity index (χ1) is 8.07. The Labute approximate surface area is 105 Å². The van der Waals surface area contributed by atoms with Gasteiger partial charge in [-0.1, -0.05) is 19.8 Å². The van der Waals surface area contributed by atoms with Crippen LogP contribution in [0.15, 0.2) is 0 Å². The number of carbonyl (C=O) groups excluding carboxylic acids is 1. The van der Waals surface area contributed by atoms with E-state index in [1.165, 1.54) is 25.7 Å². The number of rotatable bonds is 1. The molecule has 0 aromatic heterocycles. The van der Waals surface area contributed by atoms with Gasteiger partial charge < -0.3 is 4.90 Å². The number of amides is 1. The van der Waals surface area contributed by atoms with Crippen molar-refractivity contribution in [3.63, 3.8) is 0 Å². The lowest BCUT2D eigenvalue weighted by Gasteiger charge is -2.50. The predicted octanol–water partition coefficient (Wildman–Crippen LogP) is 2.26. The molecule has 98 valence electrons. The molecular formula is C14H26N2O. The van der Waals surface area contributed by atoms with Crippen molar-refractivity contribution in [2.75, 3.05) is 6.54 Å². The molecule has 17 heavy (non-hydrogen) atoms. The summed E-state index contributed by atoms with van der Waals surface area (Å²) in [5.74, 6) is 0.351. The Kier molecular flexibility index (Phi) is 3.76. The molecule has 2 aliphatic rings. The molecule has 2 aliphatic heterocycles. The lowest BCUT2D eigenvalue weighted by molar-refractivity contribution is -0.152. The van der Waals surface area contributed by atoms with E-state index in [4.69, 9.17) is 0 Å². The van der Waals surface area contributed by atoms with Gasteiger partial charge in [0.1, 0.15) is 0 Å². The minimum Gasteiger partial charge on any atom is -0.334 e. The van der Waals surface area contributed by atoms with Gasteiger partial charge in [0.15, 0.2) is 0 Å². The van der Waals surface area contributed by atoms with E-state index in [0.717, 1.165) is 6.54 Å². The Morgan fingerprint density at radius 1 is 1.18 bits per heavy atom. The Hall–Kier alpha value is -0.570. The average Bonchev–Trinajstić information content (AvgIpc) is 2.49. The first-order valence-corrected chi connectivity index (χ1v) is 7.15. The summed E-state index contributed by atoms with van der Waals surface area (Å²) >= 11 is 0. The van der Waals surface area contributed by atoms with Crippen LogP contribution in [0.5, 0.6) is 0 Å². The van der Waals surface area contributed by atoms with Crippen LogP contribution in [0.25, 0.3) is 0 Å². The van der Waals surface area contributed by atoms with E-state index in [9.17, 15) is 4.79 Å². The molecule has 1 amide bonds. The Bertz CT molecular complexity index is 292. The predicted molar refractivity (Wildman–Crippen MR) is 69.9 cm³/mol. The summed E-state index contributed by atoms with van der Waals surface area (Å²) in [5, 5.41) is 0. The van der Waals surface area contributed by atoms with E-state index in [2.05, 4.69) is 37.5 Å². The zero-order chi connectivity index (χ0) is 12.6. The molecule has 0 saturated carbocycles. The monoisotopic (exact) mass is 238 g/mol. The van der Waals surface area contributed by atoms with Crippen molar-refractivity contribution < 1.29 is 4.79 Å². The summed E-state index contributed by atoms with van der Waals surface area (Å²) in [5.41, 5.74) is 0. The van der Waals surface area contributed by atoms with Crippen LogP contribution in [-0.4, -0.2) is 46.4 Å². The molecule has 2 heterocycles. The summed E-state index contributed by atoms with van der Waals surface area (Å²) in [4.78, 5) is 17.1. The van der Waals surface area contributed by atoms with Crippen LogP contribution in [-0.2, 0) is 4.79 Å². The van der Waals surface area contributed by atoms with Crippen molar-refractivity contribution in [2.24, 2.45) is 0 Å². The third-order valence-corrected chi connectivity index (χ3v) is 4.76. The van der Waals surface area contributed by atoms with Crippen molar-refractivity contribution in [3.8, 4) is 0 Å². The number of fused-ring (bicyclic) bond motifs is 1. The fourth-order valence-electron chi connectivity index (χ4n) is 3.75. The maximum atomic E-state index is 12.5. The SMILES string of the molecule is CCN1C(C)C(=O)N2C(C)CCCCC2C1C. The maximum Gasteiger partial charge on any atom is 0.240 e. The molecule has 0 aromatic rings. The second-order valence-electron chi connectivity index (χ2n) is 5.69. The first kappa shape index (κ1) is 12.9. The largest absolute Gasteiger partial charge is 0.334 e. The summed E-state index contributed by atoms with van der Waals surface area (Å²) in [6.45, 7) is 9.72. The second-order valence-corrected chi connectivity index (χ2v) is 5.69. The molecule has 2 rings (SSSR count). The average molecular weight is 238 g/mol. The summed E-state index contributed by atoms with van der Waals surface area (Å²) in [6.07, 6.45) is 4.90. The number of carbonyl (C=O) groups is 1. The van der Waals surface area contributed by atoms with Crippen molar-refractivity contribution in [1.82, 2.24) is 9.80 Å². The topological polar surface area (TPSA) is 23.6 Å². The van der Waals surface area contributed by atoms with Crippen LogP contribution < -0.4 is 0 Å². The van der Waals surface area contributed by atoms with E-state index in [1.54, 1.807) is 0 Å². The highest BCUT2D eigenvalue weighted by molar-refractivity contribution is 5.83. The molecule has 3 heteroatoms. The second kappa shape index (κ2) is 4.97. The zero-order valence-electron chi connectivity index (χ0n) is 11.6. The van der Waals surface area contributed by atoms with Gasteiger partial charge in [-0.15, -0.1) is 0 Å². The highest BCUT2D eigenvalue weighted by Crippen LogP contribution is 2.31. The number of piperazine rings is 1. The molecule has 0 bridgehead atoms. The standard InChI is InChI=1S/C14H26N2O/c1-5-15-11(3)13-9-7-6-8-10(2)16(13)14(17)12(15)4/h10-13H,5-9H2,1-4H3. The summed E-state index contributed by atoms with van der Waals surface area (Å²) < 4.78 is 0. The van der Waals surface area contributed by atoms with Crippen LogP contribution >= 0.6 is 0 Å². The van der Waals surface area contributed by atoms with Gasteiger partial charge in [-0.2, -0.15) is 0 Å². The minimum absolute atomic E-state index is 0.0619. The molecule has 3 nitrogen and oxygen atoms in total. The van der Waals surface area contributed by atoms with Gasteiger partial charge in [0.25, 0.3) is 0 Å². The smallest absolute Gasteiger partial charge is 0.240 e. The van der Waals surface area contributed by atoms with Crippen molar-refractivity contribution in [2.45, 2.75) is 77.5 Å². The van der Waals surface area contributed by atoms with Crippen LogP contribution in [0.4, 0.5) is 0 Å². The molecule has 0 aromatic carbocycles. The van der Waals surface area contributed by atoms with E-state index in [1.807, 2.05) is 0 Å². The molecule has 0 N–H and O–H groups in total. The van der Waals surface area contributed by atoms with E-state index in [0.29, 0.717) is 24.0 Å². The molecule has 2 saturated heterocycles. The minimum atomic E-state index is 0.0619. The quantitative estimate of drug-likeness (QED) is 0.699. The molecule has 2 fully saturated rings. The Balaban J connectivity index is 2.28. The molecule has 0 radical (unpaired) electrons. The van der Waals surface area contributed by atoms with Gasteiger partial charge in [-0.3, -0.25) is 9.69 Å². The normalized spacial score (nSPS) is 40.0. The van der Waals surface area contributed by atoms with Crippen LogP contribution in [0.1, 0.15) is 53.4 Å². The van der Waals surface area contributed by atoms with Crippen molar-refractivity contribution in [3.05, 3.63) is 0 Å². The number of likely N-dealkylation sites (N-methyl/N-ethyl adjacent to an activating group) is 1. The number of hydrogen-bond donors (Lipinski definition) is 0. The lowest BCUT2D eigenvalue weighted by Crippen LogP contribution is -2.66. The Morgan fingerprint density at radius 2 is 1.82 bits per heavy atom. The molecule has 0 aliphatic carbocycles. The maximum absolute atomic E-state index is 12.5. The summed E-state index contributed by atoms with van der Waals surface area (Å²) in [7, 11) is 0. The van der Waals surface area contributed by atoms with Crippen molar-refractivity contribution >= 4 is 5.91 Å². The van der Waals surface area contributed by atoms with Crippen LogP contribution in [0, 0.1) is 0 Å². The third kappa shape index (κ3) is 2.10. The molecule has 0 spiro atoms. The first-order valence-electron chi connectivity index (χ1n) is 7.15. The molecule has 4 atom stereocenters. The van der Waals surface area contributed by atoms with Crippen LogP contribution in [0.2, 0.25) is 0 Å². The van der Waals surface area contributed by atoms with Gasteiger partial charge in [-0.25, -0.2) is 0 Å². The van der Waals surface area contributed by atoms with Gasteiger partial charge >= 0.3 is 0 Å². The fourth-order valence-corrected chi connectivity index (χ4v) is 3.75. The Morgan fingerprint density at radius 3 is 2.47 bits per heavy atom. The zero-order valence-corrected chi connectivity index (χ0v) is 11.6. The number of nitrogens with zero attached hydrogens (tertiary/aromatic N) is 2. The van der Waals surface area contributed by atoms with Crippen LogP contribution in [0.3, 0.4) is 0 Å². The van der Waals surface area contributed by atoms with E-state index in [-0.39, 0.29) is 6.04 Å². The van der Waals surface area contributed by atoms with E-state index < -0.39 is 0 Å². The van der Waals surface area contributed by atoms with Gasteiger partial charge in [-0.05, 0) is 40.2 Å². The van der Waals surface area contributed by atoms with Gasteiger partial charge in [0, 0.05) is 18.1 Å². The highest BCUT2D eigenvalue weighted by Gasteiger charge is 2.44. The van der Waals surface area contributed by atoms with Gasteiger partial charge in [0.05, 0.1) is 6.04 Å². The van der Waals surface area contributed by atoms with Gasteiger partial charge in [0.2, 0.25) is 5.91 Å². The number of hydrogen-bond acceptors (Lipinski definition) is 2. The highest BCUT2D eigenvalue weighted by atomic mass is 16.2. The summed E-state index contributed by atoms with van der Waals surface area (Å²) in [6, 6.07) is 1.44. The van der Waals surface area contributed by atoms with Crippen molar-refractivity contribution in [1.29, 1.82) is 0 Å².